The fourth-order valence-corrected chi connectivity index (χ4v) is 3.17. The summed E-state index contributed by atoms with van der Waals surface area (Å²) < 4.78 is 28.8. The largest absolute Gasteiger partial charge is 0.495 e. The fourth-order valence-electron chi connectivity index (χ4n) is 1.60. The second-order valence-electron chi connectivity index (χ2n) is 4.07. The second-order valence-corrected chi connectivity index (χ2v) is 7.78. The molecule has 1 aromatic carbocycles. The summed E-state index contributed by atoms with van der Waals surface area (Å²) in [5.74, 6) is 0.577. The zero-order valence-corrected chi connectivity index (χ0v) is 13.3. The van der Waals surface area contributed by atoms with Crippen molar-refractivity contribution in [3.63, 3.8) is 0 Å². The van der Waals surface area contributed by atoms with Gasteiger partial charge in [0, 0.05) is 17.3 Å². The first-order valence-electron chi connectivity index (χ1n) is 5.62. The molecule has 0 aliphatic carbocycles. The molecule has 8 heteroatoms. The quantitative estimate of drug-likeness (QED) is 0.911. The van der Waals surface area contributed by atoms with Gasteiger partial charge in [0.25, 0.3) is 0 Å². The maximum absolute atomic E-state index is 11.6. The molecule has 0 saturated heterocycles. The molecule has 0 radical (unpaired) electrons. The summed E-state index contributed by atoms with van der Waals surface area (Å²) in [5, 5.41) is 3.13. The van der Waals surface area contributed by atoms with Crippen molar-refractivity contribution in [2.24, 2.45) is 0 Å². The van der Waals surface area contributed by atoms with E-state index in [0.29, 0.717) is 22.4 Å². The van der Waals surface area contributed by atoms with Crippen molar-refractivity contribution < 1.29 is 13.2 Å². The van der Waals surface area contributed by atoms with Crippen LogP contribution < -0.4 is 10.1 Å². The van der Waals surface area contributed by atoms with Crippen LogP contribution in [-0.4, -0.2) is 26.8 Å². The van der Waals surface area contributed by atoms with E-state index >= 15 is 0 Å². The van der Waals surface area contributed by atoms with Gasteiger partial charge in [0.05, 0.1) is 24.2 Å². The number of methoxy groups -OCH3 is 1. The van der Waals surface area contributed by atoms with E-state index in [0.717, 1.165) is 4.88 Å². The predicted octanol–water partition coefficient (Wildman–Crippen LogP) is 2.82. The number of nitrogens with one attached hydrogen (secondary N) is 1. The van der Waals surface area contributed by atoms with Gasteiger partial charge >= 0.3 is 0 Å². The highest BCUT2D eigenvalue weighted by Gasteiger charge is 2.11. The third-order valence-electron chi connectivity index (χ3n) is 2.58. The van der Waals surface area contributed by atoms with Crippen molar-refractivity contribution in [3.05, 3.63) is 33.7 Å². The molecule has 0 aliphatic rings. The zero-order valence-electron chi connectivity index (χ0n) is 10.9. The number of anilines is 1. The minimum absolute atomic E-state index is 0.239. The van der Waals surface area contributed by atoms with Crippen molar-refractivity contribution in [3.8, 4) is 5.75 Å². The Hall–Kier alpha value is -1.31. The normalized spacial score (nSPS) is 11.3. The van der Waals surface area contributed by atoms with E-state index in [9.17, 15) is 8.42 Å². The topological polar surface area (TPSA) is 68.3 Å². The maximum atomic E-state index is 11.6. The third-order valence-corrected chi connectivity index (χ3v) is 4.80. The molecule has 0 aliphatic heterocycles. The highest BCUT2D eigenvalue weighted by molar-refractivity contribution is 7.90. The summed E-state index contributed by atoms with van der Waals surface area (Å²) >= 11 is 7.12. The Morgan fingerprint density at radius 1 is 1.45 bits per heavy atom. The standard InChI is InChI=1S/C12H13ClN2O3S2/c1-18-11-4-3-9(20(2,16)17)5-10(11)14-6-8-7-15-12(13)19-8/h3-5,7,14H,6H2,1-2H3. The van der Waals surface area contributed by atoms with Crippen LogP contribution in [0.15, 0.2) is 29.3 Å². The van der Waals surface area contributed by atoms with E-state index in [1.165, 1.54) is 30.8 Å². The summed E-state index contributed by atoms with van der Waals surface area (Å²) in [6, 6.07) is 4.69. The number of thiazole rings is 1. The molecule has 1 heterocycles. The molecule has 5 nitrogen and oxygen atoms in total. The van der Waals surface area contributed by atoms with E-state index in [4.69, 9.17) is 16.3 Å². The Labute approximate surface area is 126 Å². The first-order chi connectivity index (χ1) is 9.40. The smallest absolute Gasteiger partial charge is 0.183 e. The van der Waals surface area contributed by atoms with Crippen LogP contribution in [0.25, 0.3) is 0 Å². The highest BCUT2D eigenvalue weighted by atomic mass is 35.5. The van der Waals surface area contributed by atoms with Gasteiger partial charge in [-0.1, -0.05) is 11.6 Å². The minimum Gasteiger partial charge on any atom is -0.495 e. The molecule has 0 atom stereocenters. The number of sulfone groups is 1. The van der Waals surface area contributed by atoms with Crippen molar-refractivity contribution in [2.75, 3.05) is 18.7 Å². The van der Waals surface area contributed by atoms with Crippen LogP contribution in [0.3, 0.4) is 0 Å². The van der Waals surface area contributed by atoms with Gasteiger partial charge in [0.1, 0.15) is 5.75 Å². The SMILES string of the molecule is COc1ccc(S(C)(=O)=O)cc1NCc1cnc(Cl)s1. The number of benzene rings is 1. The van der Waals surface area contributed by atoms with Gasteiger partial charge < -0.3 is 10.1 Å². The van der Waals surface area contributed by atoms with Crippen LogP contribution in [0.1, 0.15) is 4.88 Å². The summed E-state index contributed by atoms with van der Waals surface area (Å²) in [6.45, 7) is 0.494. The van der Waals surface area contributed by atoms with Gasteiger partial charge in [-0.05, 0) is 18.2 Å². The fraction of sp³-hybridized carbons (Fsp3) is 0.250. The van der Waals surface area contributed by atoms with Gasteiger partial charge in [0.2, 0.25) is 0 Å². The molecule has 108 valence electrons. The Morgan fingerprint density at radius 3 is 2.75 bits per heavy atom. The molecule has 0 saturated carbocycles. The molecule has 0 fully saturated rings. The van der Waals surface area contributed by atoms with E-state index in [2.05, 4.69) is 10.3 Å². The number of rotatable bonds is 5. The van der Waals surface area contributed by atoms with E-state index < -0.39 is 9.84 Å². The molecular formula is C12H13ClN2O3S2. The Morgan fingerprint density at radius 2 is 2.20 bits per heavy atom. The highest BCUT2D eigenvalue weighted by Crippen LogP contribution is 2.28. The van der Waals surface area contributed by atoms with Crippen LogP contribution in [0.2, 0.25) is 4.47 Å². The van der Waals surface area contributed by atoms with Crippen molar-refractivity contribution in [1.82, 2.24) is 4.98 Å². The predicted molar refractivity (Wildman–Crippen MR) is 80.6 cm³/mol. The van der Waals surface area contributed by atoms with Gasteiger partial charge in [-0.3, -0.25) is 0 Å². The molecular weight excluding hydrogens is 320 g/mol. The summed E-state index contributed by atoms with van der Waals surface area (Å²) in [5.41, 5.74) is 0.611. The first kappa shape index (κ1) is 15.1. The molecule has 0 bridgehead atoms. The van der Waals surface area contributed by atoms with E-state index in [1.54, 1.807) is 18.3 Å². The van der Waals surface area contributed by atoms with Crippen molar-refractivity contribution in [2.45, 2.75) is 11.4 Å². The van der Waals surface area contributed by atoms with Crippen LogP contribution in [0.5, 0.6) is 5.75 Å². The minimum atomic E-state index is -3.26. The molecule has 20 heavy (non-hydrogen) atoms. The van der Waals surface area contributed by atoms with Gasteiger partial charge in [0.15, 0.2) is 14.3 Å². The molecule has 0 spiro atoms. The van der Waals surface area contributed by atoms with E-state index in [-0.39, 0.29) is 4.90 Å². The van der Waals surface area contributed by atoms with Crippen LogP contribution >= 0.6 is 22.9 Å². The Balaban J connectivity index is 2.24. The number of ether oxygens (including phenoxy) is 1. The average molecular weight is 333 g/mol. The van der Waals surface area contributed by atoms with Gasteiger partial charge in [-0.2, -0.15) is 0 Å². The summed E-state index contributed by atoms with van der Waals surface area (Å²) in [6.07, 6.45) is 2.84. The lowest BCUT2D eigenvalue weighted by Gasteiger charge is -2.11. The number of aromatic nitrogens is 1. The number of nitrogens with zero attached hydrogens (tertiary/aromatic N) is 1. The monoisotopic (exact) mass is 332 g/mol. The lowest BCUT2D eigenvalue weighted by atomic mass is 10.3. The molecule has 2 aromatic rings. The molecule has 2 rings (SSSR count). The van der Waals surface area contributed by atoms with Crippen molar-refractivity contribution in [1.29, 1.82) is 0 Å². The molecule has 0 amide bonds. The lowest BCUT2D eigenvalue weighted by Crippen LogP contribution is -2.03. The number of halogens is 1. The van der Waals surface area contributed by atoms with Crippen molar-refractivity contribution >= 4 is 38.5 Å². The number of hydrogen-bond donors (Lipinski definition) is 1. The van der Waals surface area contributed by atoms with Crippen LogP contribution in [-0.2, 0) is 16.4 Å². The zero-order chi connectivity index (χ0) is 14.8. The Kier molecular flexibility index (Phi) is 4.52. The Bertz CT molecular complexity index is 713. The maximum Gasteiger partial charge on any atom is 0.183 e. The lowest BCUT2D eigenvalue weighted by molar-refractivity contribution is 0.416. The van der Waals surface area contributed by atoms with E-state index in [1.807, 2.05) is 0 Å². The summed E-state index contributed by atoms with van der Waals surface area (Å²) in [4.78, 5) is 5.13. The molecule has 0 unspecified atom stereocenters. The molecule has 1 N–H and O–H groups in total. The van der Waals surface area contributed by atoms with Crippen LogP contribution in [0, 0.1) is 0 Å². The van der Waals surface area contributed by atoms with Gasteiger partial charge in [-0.25, -0.2) is 13.4 Å². The summed E-state index contributed by atoms with van der Waals surface area (Å²) in [7, 11) is -1.72. The number of hydrogen-bond acceptors (Lipinski definition) is 6. The average Bonchev–Trinajstić information content (AvgIpc) is 2.80. The third kappa shape index (κ3) is 3.62. The van der Waals surface area contributed by atoms with Gasteiger partial charge in [-0.15, -0.1) is 11.3 Å². The molecule has 1 aromatic heterocycles. The van der Waals surface area contributed by atoms with Crippen LogP contribution in [0.4, 0.5) is 5.69 Å². The second kappa shape index (κ2) is 5.99. The first-order valence-corrected chi connectivity index (χ1v) is 8.71.